The summed E-state index contributed by atoms with van der Waals surface area (Å²) in [5, 5.41) is 10.2. The predicted molar refractivity (Wildman–Crippen MR) is 92.4 cm³/mol. The van der Waals surface area contributed by atoms with Gasteiger partial charge in [0, 0.05) is 18.2 Å². The fraction of sp³-hybridized carbons (Fsp3) is 0.389. The highest BCUT2D eigenvalue weighted by Crippen LogP contribution is 2.30. The zero-order valence-electron chi connectivity index (χ0n) is 14.5. The topological polar surface area (TPSA) is 84.3 Å². The fourth-order valence-corrected chi connectivity index (χ4v) is 3.49. The van der Waals surface area contributed by atoms with E-state index in [-0.39, 0.29) is 18.1 Å². The molecule has 0 fully saturated rings. The van der Waals surface area contributed by atoms with Crippen molar-refractivity contribution >= 4 is 11.6 Å². The van der Waals surface area contributed by atoms with Gasteiger partial charge in [0.25, 0.3) is 5.91 Å². The van der Waals surface area contributed by atoms with Crippen molar-refractivity contribution in [2.45, 2.75) is 45.9 Å². The zero-order chi connectivity index (χ0) is 17.6. The van der Waals surface area contributed by atoms with Crippen LogP contribution in [0.4, 0.5) is 0 Å². The van der Waals surface area contributed by atoms with Gasteiger partial charge in [0.05, 0.1) is 35.8 Å². The van der Waals surface area contributed by atoms with Gasteiger partial charge in [-0.05, 0) is 32.9 Å². The average Bonchev–Trinajstić information content (AvgIpc) is 3.13. The molecule has 0 saturated heterocycles. The third-order valence-electron chi connectivity index (χ3n) is 4.69. The lowest BCUT2D eigenvalue weighted by molar-refractivity contribution is -0.00697. The highest BCUT2D eigenvalue weighted by Gasteiger charge is 2.29. The van der Waals surface area contributed by atoms with Crippen molar-refractivity contribution in [3.63, 3.8) is 0 Å². The molecular formula is C18H21N5O2. The minimum Gasteiger partial charge on any atom is -0.369 e. The van der Waals surface area contributed by atoms with Crippen LogP contribution in [0.25, 0.3) is 5.65 Å². The molecule has 2 atom stereocenters. The van der Waals surface area contributed by atoms with Gasteiger partial charge in [-0.15, -0.1) is 0 Å². The number of carbonyl (C=O) groups is 1. The Morgan fingerprint density at radius 3 is 3.12 bits per heavy atom. The highest BCUT2D eigenvalue weighted by molar-refractivity contribution is 5.94. The summed E-state index contributed by atoms with van der Waals surface area (Å²) in [6, 6.07) is 5.85. The Balaban J connectivity index is 1.56. The predicted octanol–water partition coefficient (Wildman–Crippen LogP) is 2.32. The molecule has 2 N–H and O–H groups in total. The maximum absolute atomic E-state index is 12.7. The van der Waals surface area contributed by atoms with E-state index in [9.17, 15) is 4.79 Å². The SMILES string of the molecule is Cc1nc2ccccn2c1CNC(=O)c1n[nH]c2c1C[C@@H](C)O[C@H]2C. The van der Waals surface area contributed by atoms with Gasteiger partial charge in [-0.25, -0.2) is 4.98 Å². The molecule has 4 heterocycles. The van der Waals surface area contributed by atoms with Crippen LogP contribution < -0.4 is 5.32 Å². The number of nitrogens with zero attached hydrogens (tertiary/aromatic N) is 3. The summed E-state index contributed by atoms with van der Waals surface area (Å²) < 4.78 is 7.77. The van der Waals surface area contributed by atoms with Gasteiger partial charge in [0.1, 0.15) is 5.65 Å². The van der Waals surface area contributed by atoms with Gasteiger partial charge in [-0.2, -0.15) is 5.10 Å². The Morgan fingerprint density at radius 1 is 1.44 bits per heavy atom. The Kier molecular flexibility index (Phi) is 3.80. The molecule has 1 amide bonds. The molecule has 4 rings (SSSR count). The molecule has 1 aliphatic rings. The minimum absolute atomic E-state index is 0.0752. The molecule has 0 aliphatic carbocycles. The first-order valence-electron chi connectivity index (χ1n) is 8.48. The van der Waals surface area contributed by atoms with Crippen LogP contribution in [-0.2, 0) is 17.7 Å². The number of hydrogen-bond donors (Lipinski definition) is 2. The van der Waals surface area contributed by atoms with Crippen LogP contribution in [-0.4, -0.2) is 31.6 Å². The minimum atomic E-state index is -0.177. The monoisotopic (exact) mass is 339 g/mol. The quantitative estimate of drug-likeness (QED) is 0.767. The van der Waals surface area contributed by atoms with Crippen LogP contribution in [0.2, 0.25) is 0 Å². The van der Waals surface area contributed by atoms with E-state index in [4.69, 9.17) is 4.74 Å². The second-order valence-electron chi connectivity index (χ2n) is 6.51. The zero-order valence-corrected chi connectivity index (χ0v) is 14.5. The van der Waals surface area contributed by atoms with Crippen molar-refractivity contribution in [2.24, 2.45) is 0 Å². The molecule has 3 aromatic rings. The van der Waals surface area contributed by atoms with Crippen molar-refractivity contribution in [1.29, 1.82) is 0 Å². The number of hydrogen-bond acceptors (Lipinski definition) is 4. The standard InChI is InChI=1S/C18H21N5O2/c1-10-8-13-16(12(3)25-10)21-22-17(13)18(24)19-9-14-11(2)20-15-6-4-5-7-23(14)15/h4-7,10,12H,8-9H2,1-3H3,(H,19,24)(H,21,22)/t10-,12+/m1/s1. The lowest BCUT2D eigenvalue weighted by Gasteiger charge is -2.25. The molecule has 0 unspecified atom stereocenters. The largest absolute Gasteiger partial charge is 0.369 e. The van der Waals surface area contributed by atoms with E-state index >= 15 is 0 Å². The number of H-pyrrole nitrogens is 1. The molecule has 1 aliphatic heterocycles. The van der Waals surface area contributed by atoms with Crippen molar-refractivity contribution < 1.29 is 9.53 Å². The van der Waals surface area contributed by atoms with E-state index in [1.165, 1.54) is 0 Å². The third kappa shape index (κ3) is 2.70. The second kappa shape index (κ2) is 6.00. The first-order valence-corrected chi connectivity index (χ1v) is 8.48. The smallest absolute Gasteiger partial charge is 0.272 e. The number of fused-ring (bicyclic) bond motifs is 2. The first-order chi connectivity index (χ1) is 12.0. The summed E-state index contributed by atoms with van der Waals surface area (Å²) in [5.74, 6) is -0.177. The van der Waals surface area contributed by atoms with E-state index < -0.39 is 0 Å². The van der Waals surface area contributed by atoms with Crippen LogP contribution >= 0.6 is 0 Å². The van der Waals surface area contributed by atoms with Crippen molar-refractivity contribution in [2.75, 3.05) is 0 Å². The van der Waals surface area contributed by atoms with E-state index in [0.717, 1.165) is 28.3 Å². The molecule has 0 radical (unpaired) electrons. The van der Waals surface area contributed by atoms with E-state index in [1.807, 2.05) is 49.6 Å². The number of imidazole rings is 1. The number of aromatic nitrogens is 4. The second-order valence-corrected chi connectivity index (χ2v) is 6.51. The maximum atomic E-state index is 12.7. The fourth-order valence-electron chi connectivity index (χ4n) is 3.49. The van der Waals surface area contributed by atoms with Crippen molar-refractivity contribution in [1.82, 2.24) is 24.9 Å². The van der Waals surface area contributed by atoms with Crippen molar-refractivity contribution in [3.8, 4) is 0 Å². The maximum Gasteiger partial charge on any atom is 0.272 e. The molecule has 0 aromatic carbocycles. The van der Waals surface area contributed by atoms with E-state index in [2.05, 4.69) is 20.5 Å². The molecule has 7 nitrogen and oxygen atoms in total. The normalized spacial score (nSPS) is 19.8. The first kappa shape index (κ1) is 15.8. The van der Waals surface area contributed by atoms with E-state index in [0.29, 0.717) is 18.7 Å². The van der Waals surface area contributed by atoms with Gasteiger partial charge in [0.2, 0.25) is 0 Å². The molecule has 0 bridgehead atoms. The van der Waals surface area contributed by atoms with Crippen molar-refractivity contribution in [3.05, 3.63) is 52.7 Å². The number of pyridine rings is 1. The lowest BCUT2D eigenvalue weighted by Crippen LogP contribution is -2.28. The van der Waals surface area contributed by atoms with Gasteiger partial charge in [-0.1, -0.05) is 6.07 Å². The molecule has 0 spiro atoms. The Hall–Kier alpha value is -2.67. The molecule has 25 heavy (non-hydrogen) atoms. The molecule has 3 aromatic heterocycles. The number of rotatable bonds is 3. The summed E-state index contributed by atoms with van der Waals surface area (Å²) in [6.07, 6.45) is 2.64. The summed E-state index contributed by atoms with van der Waals surface area (Å²) in [7, 11) is 0. The Morgan fingerprint density at radius 2 is 2.28 bits per heavy atom. The van der Waals surface area contributed by atoms with Crippen LogP contribution in [0.5, 0.6) is 0 Å². The van der Waals surface area contributed by atoms with Crippen LogP contribution in [0, 0.1) is 6.92 Å². The van der Waals surface area contributed by atoms with Gasteiger partial charge >= 0.3 is 0 Å². The van der Waals surface area contributed by atoms with Crippen LogP contribution in [0.15, 0.2) is 24.4 Å². The summed E-state index contributed by atoms with van der Waals surface area (Å²) in [4.78, 5) is 17.2. The Labute approximate surface area is 145 Å². The van der Waals surface area contributed by atoms with E-state index in [1.54, 1.807) is 0 Å². The number of aryl methyl sites for hydroxylation is 1. The third-order valence-corrected chi connectivity index (χ3v) is 4.69. The summed E-state index contributed by atoms with van der Waals surface area (Å²) in [5.41, 5.74) is 5.07. The number of aromatic amines is 1. The number of amides is 1. The van der Waals surface area contributed by atoms with Gasteiger partial charge in [0.15, 0.2) is 5.69 Å². The Bertz CT molecular complexity index is 942. The molecule has 130 valence electrons. The van der Waals surface area contributed by atoms with Crippen LogP contribution in [0.1, 0.15) is 53.1 Å². The number of ether oxygens (including phenoxy) is 1. The lowest BCUT2D eigenvalue weighted by atomic mass is 9.99. The number of carbonyl (C=O) groups excluding carboxylic acids is 1. The highest BCUT2D eigenvalue weighted by atomic mass is 16.5. The van der Waals surface area contributed by atoms with Gasteiger partial charge in [-0.3, -0.25) is 9.89 Å². The molecule has 0 saturated carbocycles. The average molecular weight is 339 g/mol. The number of nitrogens with one attached hydrogen (secondary N) is 2. The molecular weight excluding hydrogens is 318 g/mol. The van der Waals surface area contributed by atoms with Crippen LogP contribution in [0.3, 0.4) is 0 Å². The summed E-state index contributed by atoms with van der Waals surface area (Å²) >= 11 is 0. The summed E-state index contributed by atoms with van der Waals surface area (Å²) in [6.45, 7) is 6.33. The molecule has 7 heteroatoms. The van der Waals surface area contributed by atoms with Gasteiger partial charge < -0.3 is 14.5 Å².